The van der Waals surface area contributed by atoms with Crippen LogP contribution in [0.1, 0.15) is 25.3 Å². The Balaban J connectivity index is 1.82. The fraction of sp³-hybridized carbons (Fsp3) is 0.467. The highest BCUT2D eigenvalue weighted by Crippen LogP contribution is 2.21. The molecule has 1 aliphatic rings. The van der Waals surface area contributed by atoms with Gasteiger partial charge in [0.2, 0.25) is 0 Å². The van der Waals surface area contributed by atoms with Crippen LogP contribution in [0.2, 0.25) is 0 Å². The van der Waals surface area contributed by atoms with Crippen LogP contribution in [-0.2, 0) is 9.47 Å². The second-order valence-corrected chi connectivity index (χ2v) is 4.49. The van der Waals surface area contributed by atoms with Gasteiger partial charge >= 0.3 is 0 Å². The van der Waals surface area contributed by atoms with Crippen LogP contribution in [0, 0.1) is 0 Å². The monoisotopic (exact) mass is 232 g/mol. The lowest BCUT2D eigenvalue weighted by Crippen LogP contribution is -2.15. The summed E-state index contributed by atoms with van der Waals surface area (Å²) in [6.45, 7) is 7.87. The molecule has 0 spiro atoms. The Morgan fingerprint density at radius 3 is 2.76 bits per heavy atom. The Labute approximate surface area is 103 Å². The molecular weight excluding hydrogens is 212 g/mol. The first-order valence-electron chi connectivity index (χ1n) is 6.26. The lowest BCUT2D eigenvalue weighted by atomic mass is 10.0. The molecule has 0 bridgehead atoms. The van der Waals surface area contributed by atoms with Crippen molar-refractivity contribution in [1.29, 1.82) is 0 Å². The Morgan fingerprint density at radius 2 is 2.18 bits per heavy atom. The normalized spacial score (nSPS) is 19.9. The SMILES string of the molecule is C=C(CC(CC)OCC1CO1)c1ccccc1. The molecule has 0 aliphatic carbocycles. The van der Waals surface area contributed by atoms with E-state index in [0.29, 0.717) is 6.10 Å². The summed E-state index contributed by atoms with van der Waals surface area (Å²) in [6.07, 6.45) is 2.51. The maximum absolute atomic E-state index is 5.82. The van der Waals surface area contributed by atoms with Crippen LogP contribution in [0.5, 0.6) is 0 Å². The Hall–Kier alpha value is -1.12. The minimum absolute atomic E-state index is 0.256. The highest BCUT2D eigenvalue weighted by molar-refractivity contribution is 5.63. The summed E-state index contributed by atoms with van der Waals surface area (Å²) in [5.41, 5.74) is 2.35. The van der Waals surface area contributed by atoms with Crippen molar-refractivity contribution in [2.24, 2.45) is 0 Å². The van der Waals surface area contributed by atoms with Gasteiger partial charge in [-0.25, -0.2) is 0 Å². The van der Waals surface area contributed by atoms with Crippen LogP contribution in [0.15, 0.2) is 36.9 Å². The molecular formula is C15H20O2. The largest absolute Gasteiger partial charge is 0.375 e. The maximum Gasteiger partial charge on any atom is 0.104 e. The summed E-state index contributed by atoms with van der Waals surface area (Å²) in [5, 5.41) is 0. The predicted molar refractivity (Wildman–Crippen MR) is 69.9 cm³/mol. The summed E-state index contributed by atoms with van der Waals surface area (Å²) in [6, 6.07) is 10.3. The second kappa shape index (κ2) is 5.99. The molecule has 1 aromatic rings. The first-order valence-corrected chi connectivity index (χ1v) is 6.26. The van der Waals surface area contributed by atoms with Crippen molar-refractivity contribution in [2.75, 3.05) is 13.2 Å². The molecule has 0 saturated carbocycles. The van der Waals surface area contributed by atoms with Crippen LogP contribution in [-0.4, -0.2) is 25.4 Å². The summed E-state index contributed by atoms with van der Waals surface area (Å²) < 4.78 is 11.0. The Morgan fingerprint density at radius 1 is 1.47 bits per heavy atom. The quantitative estimate of drug-likeness (QED) is 0.673. The third-order valence-corrected chi connectivity index (χ3v) is 3.03. The molecule has 2 nitrogen and oxygen atoms in total. The fourth-order valence-corrected chi connectivity index (χ4v) is 1.80. The predicted octanol–water partition coefficient (Wildman–Crippen LogP) is 3.28. The average molecular weight is 232 g/mol. The molecule has 92 valence electrons. The highest BCUT2D eigenvalue weighted by Gasteiger charge is 2.24. The molecule has 1 fully saturated rings. The van der Waals surface area contributed by atoms with Gasteiger partial charge in [0.15, 0.2) is 0 Å². The van der Waals surface area contributed by atoms with Crippen molar-refractivity contribution in [1.82, 2.24) is 0 Å². The lowest BCUT2D eigenvalue weighted by molar-refractivity contribution is 0.0437. The molecule has 0 aromatic heterocycles. The van der Waals surface area contributed by atoms with Gasteiger partial charge in [-0.3, -0.25) is 0 Å². The molecule has 17 heavy (non-hydrogen) atoms. The Bertz CT molecular complexity index is 354. The molecule has 1 aromatic carbocycles. The van der Waals surface area contributed by atoms with E-state index in [-0.39, 0.29) is 6.10 Å². The van der Waals surface area contributed by atoms with E-state index in [0.717, 1.165) is 31.6 Å². The maximum atomic E-state index is 5.82. The molecule has 0 amide bonds. The minimum Gasteiger partial charge on any atom is -0.375 e. The van der Waals surface area contributed by atoms with E-state index in [1.54, 1.807) is 0 Å². The van der Waals surface area contributed by atoms with Crippen molar-refractivity contribution < 1.29 is 9.47 Å². The van der Waals surface area contributed by atoms with Crippen LogP contribution in [0.25, 0.3) is 5.57 Å². The smallest absolute Gasteiger partial charge is 0.104 e. The van der Waals surface area contributed by atoms with E-state index in [2.05, 4.69) is 25.6 Å². The van der Waals surface area contributed by atoms with Crippen LogP contribution >= 0.6 is 0 Å². The third-order valence-electron chi connectivity index (χ3n) is 3.03. The number of rotatable bonds is 7. The lowest BCUT2D eigenvalue weighted by Gasteiger charge is -2.17. The van der Waals surface area contributed by atoms with E-state index in [4.69, 9.17) is 9.47 Å². The van der Waals surface area contributed by atoms with E-state index in [1.807, 2.05) is 18.2 Å². The van der Waals surface area contributed by atoms with Gasteiger partial charge in [0.25, 0.3) is 0 Å². The van der Waals surface area contributed by atoms with E-state index in [1.165, 1.54) is 5.56 Å². The van der Waals surface area contributed by atoms with E-state index >= 15 is 0 Å². The Kier molecular flexibility index (Phi) is 4.35. The molecule has 2 rings (SSSR count). The fourth-order valence-electron chi connectivity index (χ4n) is 1.80. The third kappa shape index (κ3) is 3.99. The number of hydrogen-bond donors (Lipinski definition) is 0. The van der Waals surface area contributed by atoms with Gasteiger partial charge < -0.3 is 9.47 Å². The average Bonchev–Trinajstić information content (AvgIpc) is 3.19. The highest BCUT2D eigenvalue weighted by atomic mass is 16.6. The summed E-state index contributed by atoms with van der Waals surface area (Å²) in [7, 11) is 0. The zero-order chi connectivity index (χ0) is 12.1. The molecule has 0 N–H and O–H groups in total. The standard InChI is InChI=1S/C15H20O2/c1-3-14(16-10-15-11-17-15)9-12(2)13-7-5-4-6-8-13/h4-8,14-15H,2-3,9-11H2,1H3. The van der Waals surface area contributed by atoms with E-state index in [9.17, 15) is 0 Å². The molecule has 2 heteroatoms. The topological polar surface area (TPSA) is 21.8 Å². The van der Waals surface area contributed by atoms with Gasteiger partial charge in [-0.2, -0.15) is 0 Å². The summed E-state index contributed by atoms with van der Waals surface area (Å²) in [5.74, 6) is 0. The zero-order valence-corrected chi connectivity index (χ0v) is 10.4. The van der Waals surface area contributed by atoms with Gasteiger partial charge in [0, 0.05) is 0 Å². The molecule has 0 radical (unpaired) electrons. The van der Waals surface area contributed by atoms with Crippen molar-refractivity contribution >= 4 is 5.57 Å². The summed E-state index contributed by atoms with van der Waals surface area (Å²) >= 11 is 0. The van der Waals surface area contributed by atoms with Crippen molar-refractivity contribution in [2.45, 2.75) is 32.0 Å². The molecule has 2 unspecified atom stereocenters. The first-order chi connectivity index (χ1) is 8.29. The zero-order valence-electron chi connectivity index (χ0n) is 10.4. The van der Waals surface area contributed by atoms with Crippen molar-refractivity contribution in [3.63, 3.8) is 0 Å². The van der Waals surface area contributed by atoms with Gasteiger partial charge in [0.1, 0.15) is 6.10 Å². The molecule has 1 saturated heterocycles. The molecule has 1 heterocycles. The van der Waals surface area contributed by atoms with Crippen LogP contribution in [0.3, 0.4) is 0 Å². The van der Waals surface area contributed by atoms with Crippen molar-refractivity contribution in [3.05, 3.63) is 42.5 Å². The minimum atomic E-state index is 0.256. The van der Waals surface area contributed by atoms with Crippen LogP contribution < -0.4 is 0 Å². The number of epoxide rings is 1. The van der Waals surface area contributed by atoms with Gasteiger partial charge in [-0.1, -0.05) is 43.8 Å². The second-order valence-electron chi connectivity index (χ2n) is 4.49. The van der Waals surface area contributed by atoms with Crippen molar-refractivity contribution in [3.8, 4) is 0 Å². The van der Waals surface area contributed by atoms with Crippen LogP contribution in [0.4, 0.5) is 0 Å². The number of hydrogen-bond acceptors (Lipinski definition) is 2. The number of benzene rings is 1. The molecule has 1 aliphatic heterocycles. The number of ether oxygens (including phenoxy) is 2. The first kappa shape index (κ1) is 12.3. The van der Waals surface area contributed by atoms with E-state index < -0.39 is 0 Å². The summed E-state index contributed by atoms with van der Waals surface area (Å²) in [4.78, 5) is 0. The molecule has 2 atom stereocenters. The van der Waals surface area contributed by atoms with Gasteiger partial charge in [-0.05, 0) is 24.0 Å². The van der Waals surface area contributed by atoms with Gasteiger partial charge in [0.05, 0.1) is 19.3 Å². The van der Waals surface area contributed by atoms with Gasteiger partial charge in [-0.15, -0.1) is 0 Å².